The van der Waals surface area contributed by atoms with Gasteiger partial charge in [-0.05, 0) is 32.9 Å². The van der Waals surface area contributed by atoms with Crippen LogP contribution >= 0.6 is 0 Å². The maximum Gasteiger partial charge on any atom is 0.320 e. The molecule has 0 radical (unpaired) electrons. The largest absolute Gasteiger partial charge is 0.465 e. The van der Waals surface area contributed by atoms with E-state index in [-0.39, 0.29) is 5.97 Å². The summed E-state index contributed by atoms with van der Waals surface area (Å²) in [6, 6.07) is 0. The number of hydrogen-bond acceptors (Lipinski definition) is 3. The van der Waals surface area contributed by atoms with Crippen molar-refractivity contribution >= 4 is 5.97 Å². The van der Waals surface area contributed by atoms with Crippen molar-refractivity contribution < 1.29 is 9.53 Å². The van der Waals surface area contributed by atoms with E-state index < -0.39 is 0 Å². The summed E-state index contributed by atoms with van der Waals surface area (Å²) < 4.78 is 4.90. The lowest BCUT2D eigenvalue weighted by molar-refractivity contribution is -0.144. The summed E-state index contributed by atoms with van der Waals surface area (Å²) in [4.78, 5) is 13.3. The van der Waals surface area contributed by atoms with Crippen molar-refractivity contribution in [2.24, 2.45) is 0 Å². The molecule has 3 heteroatoms. The molecule has 0 bridgehead atoms. The van der Waals surface area contributed by atoms with Crippen LogP contribution in [0, 0.1) is 12.3 Å². The molecule has 0 atom stereocenters. The molecule has 0 aliphatic carbocycles. The van der Waals surface area contributed by atoms with E-state index in [0.29, 0.717) is 13.2 Å². The first-order chi connectivity index (χ1) is 7.24. The van der Waals surface area contributed by atoms with Crippen molar-refractivity contribution in [3.8, 4) is 12.3 Å². The summed E-state index contributed by atoms with van der Waals surface area (Å²) >= 11 is 0. The van der Waals surface area contributed by atoms with Gasteiger partial charge >= 0.3 is 5.97 Å². The Morgan fingerprint density at radius 3 is 2.67 bits per heavy atom. The van der Waals surface area contributed by atoms with Crippen molar-refractivity contribution in [3.63, 3.8) is 0 Å². The van der Waals surface area contributed by atoms with Crippen LogP contribution in [-0.2, 0) is 9.53 Å². The Balaban J connectivity index is 3.81. The van der Waals surface area contributed by atoms with E-state index in [1.165, 1.54) is 0 Å². The number of terminal acetylenes is 1. The molecular formula is C12H21NO2. The fraction of sp³-hybridized carbons (Fsp3) is 0.750. The lowest BCUT2D eigenvalue weighted by Crippen LogP contribution is -2.32. The number of rotatable bonds is 8. The summed E-state index contributed by atoms with van der Waals surface area (Å²) in [6.07, 6.45) is 7.92. The second kappa shape index (κ2) is 9.54. The molecule has 0 saturated heterocycles. The van der Waals surface area contributed by atoms with E-state index in [1.807, 2.05) is 6.92 Å². The number of unbranched alkanes of at least 4 members (excludes halogenated alkanes) is 1. The molecule has 0 fully saturated rings. The normalized spacial score (nSPS) is 10.0. The number of nitrogens with zero attached hydrogens (tertiary/aromatic N) is 1. The highest BCUT2D eigenvalue weighted by Crippen LogP contribution is 1.97. The molecule has 0 amide bonds. The standard InChI is InChI=1S/C12H21NO2/c1-4-7-8-10-13(9-5-2)11-12(14)15-6-3/h1H,5-11H2,2-3H3. The SMILES string of the molecule is C#CCCCN(CCC)CC(=O)OCC. The fourth-order valence-electron chi connectivity index (χ4n) is 1.38. The van der Waals surface area contributed by atoms with Crippen LogP contribution in [0.1, 0.15) is 33.1 Å². The number of ether oxygens (including phenoxy) is 1. The average molecular weight is 211 g/mol. The Bertz CT molecular complexity index is 208. The molecular weight excluding hydrogens is 190 g/mol. The predicted molar refractivity (Wildman–Crippen MR) is 61.4 cm³/mol. The van der Waals surface area contributed by atoms with Crippen LogP contribution < -0.4 is 0 Å². The third-order valence-corrected chi connectivity index (χ3v) is 1.99. The van der Waals surface area contributed by atoms with Gasteiger partial charge in [0.2, 0.25) is 0 Å². The second-order valence-electron chi connectivity index (χ2n) is 3.39. The second-order valence-corrected chi connectivity index (χ2v) is 3.39. The van der Waals surface area contributed by atoms with Crippen LogP contribution in [0.25, 0.3) is 0 Å². The van der Waals surface area contributed by atoms with E-state index >= 15 is 0 Å². The van der Waals surface area contributed by atoms with Gasteiger partial charge in [0, 0.05) is 6.42 Å². The zero-order valence-electron chi connectivity index (χ0n) is 9.79. The van der Waals surface area contributed by atoms with Crippen molar-refractivity contribution in [2.45, 2.75) is 33.1 Å². The van der Waals surface area contributed by atoms with Crippen LogP contribution in [0.3, 0.4) is 0 Å². The first kappa shape index (κ1) is 14.0. The van der Waals surface area contributed by atoms with Crippen LogP contribution in [-0.4, -0.2) is 37.1 Å². The maximum absolute atomic E-state index is 11.3. The van der Waals surface area contributed by atoms with Gasteiger partial charge in [-0.25, -0.2) is 0 Å². The Morgan fingerprint density at radius 1 is 1.40 bits per heavy atom. The van der Waals surface area contributed by atoms with Gasteiger partial charge in [0.05, 0.1) is 13.2 Å². The van der Waals surface area contributed by atoms with Crippen molar-refractivity contribution in [3.05, 3.63) is 0 Å². The Labute approximate surface area is 92.8 Å². The van der Waals surface area contributed by atoms with Crippen LogP contribution in [0.5, 0.6) is 0 Å². The number of hydrogen-bond donors (Lipinski definition) is 0. The summed E-state index contributed by atoms with van der Waals surface area (Å²) in [5.41, 5.74) is 0. The highest BCUT2D eigenvalue weighted by atomic mass is 16.5. The van der Waals surface area contributed by atoms with Crippen molar-refractivity contribution in [1.29, 1.82) is 0 Å². The molecule has 0 N–H and O–H groups in total. The van der Waals surface area contributed by atoms with Crippen LogP contribution in [0.2, 0.25) is 0 Å². The van der Waals surface area contributed by atoms with E-state index in [2.05, 4.69) is 17.7 Å². The fourth-order valence-corrected chi connectivity index (χ4v) is 1.38. The van der Waals surface area contributed by atoms with Gasteiger partial charge in [-0.1, -0.05) is 6.92 Å². The third kappa shape index (κ3) is 8.02. The summed E-state index contributed by atoms with van der Waals surface area (Å²) in [7, 11) is 0. The molecule has 0 spiro atoms. The lowest BCUT2D eigenvalue weighted by Gasteiger charge is -2.19. The minimum atomic E-state index is -0.147. The lowest BCUT2D eigenvalue weighted by atomic mass is 10.3. The topological polar surface area (TPSA) is 29.5 Å². The van der Waals surface area contributed by atoms with Gasteiger partial charge in [-0.15, -0.1) is 12.3 Å². The minimum absolute atomic E-state index is 0.147. The van der Waals surface area contributed by atoms with Gasteiger partial charge in [0.25, 0.3) is 0 Å². The van der Waals surface area contributed by atoms with E-state index in [0.717, 1.165) is 32.4 Å². The number of carbonyl (C=O) groups is 1. The maximum atomic E-state index is 11.3. The zero-order valence-corrected chi connectivity index (χ0v) is 9.79. The molecule has 0 rings (SSSR count). The predicted octanol–water partition coefficient (Wildman–Crippen LogP) is 1.67. The molecule has 0 aromatic rings. The first-order valence-corrected chi connectivity index (χ1v) is 5.56. The quantitative estimate of drug-likeness (QED) is 0.347. The number of esters is 1. The average Bonchev–Trinajstić information content (AvgIpc) is 2.18. The molecule has 0 aliphatic heterocycles. The summed E-state index contributed by atoms with van der Waals surface area (Å²) in [5.74, 6) is 2.45. The first-order valence-electron chi connectivity index (χ1n) is 5.56. The number of carbonyl (C=O) groups excluding carboxylic acids is 1. The van der Waals surface area contributed by atoms with Gasteiger partial charge < -0.3 is 4.74 Å². The van der Waals surface area contributed by atoms with E-state index in [1.54, 1.807) is 0 Å². The van der Waals surface area contributed by atoms with E-state index in [9.17, 15) is 4.79 Å². The minimum Gasteiger partial charge on any atom is -0.465 e. The molecule has 0 unspecified atom stereocenters. The highest BCUT2D eigenvalue weighted by Gasteiger charge is 2.09. The van der Waals surface area contributed by atoms with E-state index in [4.69, 9.17) is 11.2 Å². The smallest absolute Gasteiger partial charge is 0.320 e. The molecule has 0 aliphatic rings. The molecule has 15 heavy (non-hydrogen) atoms. The Kier molecular flexibility index (Phi) is 8.90. The van der Waals surface area contributed by atoms with Crippen LogP contribution in [0.15, 0.2) is 0 Å². The van der Waals surface area contributed by atoms with Gasteiger partial charge in [-0.3, -0.25) is 9.69 Å². The monoisotopic (exact) mass is 211 g/mol. The molecule has 86 valence electrons. The molecule has 3 nitrogen and oxygen atoms in total. The van der Waals surface area contributed by atoms with Gasteiger partial charge in [0.15, 0.2) is 0 Å². The zero-order chi connectivity index (χ0) is 11.5. The third-order valence-electron chi connectivity index (χ3n) is 1.99. The van der Waals surface area contributed by atoms with Crippen molar-refractivity contribution in [1.82, 2.24) is 4.90 Å². The Hall–Kier alpha value is -1.01. The van der Waals surface area contributed by atoms with Crippen LogP contribution in [0.4, 0.5) is 0 Å². The highest BCUT2D eigenvalue weighted by molar-refractivity contribution is 5.71. The van der Waals surface area contributed by atoms with Crippen molar-refractivity contribution in [2.75, 3.05) is 26.2 Å². The molecule has 0 aromatic carbocycles. The molecule has 0 saturated carbocycles. The Morgan fingerprint density at radius 2 is 2.13 bits per heavy atom. The molecule has 0 heterocycles. The van der Waals surface area contributed by atoms with Gasteiger partial charge in [0.1, 0.15) is 0 Å². The van der Waals surface area contributed by atoms with Gasteiger partial charge in [-0.2, -0.15) is 0 Å². The summed E-state index contributed by atoms with van der Waals surface area (Å²) in [6.45, 7) is 6.54. The summed E-state index contributed by atoms with van der Waals surface area (Å²) in [5, 5.41) is 0. The molecule has 0 aromatic heterocycles.